The number of fused-ring (bicyclic) bond motifs is 1. The zero-order valence-electron chi connectivity index (χ0n) is 5.61. The topological polar surface area (TPSA) is 9.23 Å². The van der Waals surface area contributed by atoms with Gasteiger partial charge in [0.2, 0.25) is 0 Å². The van der Waals surface area contributed by atoms with Gasteiger partial charge < -0.3 is 4.74 Å². The van der Waals surface area contributed by atoms with E-state index in [1.54, 1.807) is 0 Å². The van der Waals surface area contributed by atoms with Crippen LogP contribution in [0.4, 0.5) is 0 Å². The van der Waals surface area contributed by atoms with Crippen molar-refractivity contribution in [3.63, 3.8) is 0 Å². The minimum Gasteiger partial charge on any atom is -0.374 e. The molecule has 9 heavy (non-hydrogen) atoms. The summed E-state index contributed by atoms with van der Waals surface area (Å²) in [5.74, 6) is 0. The summed E-state index contributed by atoms with van der Waals surface area (Å²) in [5, 5.41) is 1.02. The molecule has 0 spiro atoms. The molecule has 0 atom stereocenters. The number of alkyl halides is 1. The van der Waals surface area contributed by atoms with E-state index in [0.29, 0.717) is 5.41 Å². The van der Waals surface area contributed by atoms with E-state index in [9.17, 15) is 0 Å². The Kier molecular flexibility index (Phi) is 1.05. The molecule has 3 fully saturated rings. The van der Waals surface area contributed by atoms with Gasteiger partial charge in [0, 0.05) is 5.33 Å². The maximum Gasteiger partial charge on any atom is 0.0791 e. The quantitative estimate of drug-likeness (QED) is 0.575. The van der Waals surface area contributed by atoms with E-state index in [0.717, 1.165) is 11.9 Å². The van der Waals surface area contributed by atoms with Gasteiger partial charge in [-0.1, -0.05) is 22.9 Å². The second-order valence-corrected chi connectivity index (χ2v) is 4.33. The summed E-state index contributed by atoms with van der Waals surface area (Å²) in [5.41, 5.74) is 0.808. The van der Waals surface area contributed by atoms with Crippen LogP contribution < -0.4 is 0 Å². The minimum atomic E-state index is 0.259. The maximum absolute atomic E-state index is 5.62. The Morgan fingerprint density at radius 3 is 2.44 bits per heavy atom. The maximum atomic E-state index is 5.62. The van der Waals surface area contributed by atoms with E-state index < -0.39 is 0 Å². The highest BCUT2D eigenvalue weighted by atomic mass is 79.9. The molecular weight excluding hydrogens is 180 g/mol. The van der Waals surface area contributed by atoms with E-state index in [1.807, 2.05) is 0 Å². The van der Waals surface area contributed by atoms with Gasteiger partial charge in [0.25, 0.3) is 0 Å². The Hall–Kier alpha value is 0.440. The van der Waals surface area contributed by atoms with E-state index in [4.69, 9.17) is 4.74 Å². The fraction of sp³-hybridized carbons (Fsp3) is 1.00. The van der Waals surface area contributed by atoms with Crippen molar-refractivity contribution in [1.29, 1.82) is 0 Å². The van der Waals surface area contributed by atoms with Crippen molar-refractivity contribution >= 4 is 15.9 Å². The molecule has 3 aliphatic rings. The lowest BCUT2D eigenvalue weighted by atomic mass is 9.65. The average molecular weight is 191 g/mol. The molecule has 0 aromatic heterocycles. The third-order valence-electron chi connectivity index (χ3n) is 2.47. The van der Waals surface area contributed by atoms with Crippen LogP contribution >= 0.6 is 15.9 Å². The van der Waals surface area contributed by atoms with Crippen LogP contribution in [0, 0.1) is 5.41 Å². The molecule has 0 aromatic rings. The first-order valence-electron chi connectivity index (χ1n) is 3.38. The van der Waals surface area contributed by atoms with Gasteiger partial charge in [0.05, 0.1) is 12.2 Å². The summed E-state index contributed by atoms with van der Waals surface area (Å²) < 4.78 is 5.62. The molecule has 0 N–H and O–H groups in total. The van der Waals surface area contributed by atoms with Crippen LogP contribution in [-0.2, 0) is 4.74 Å². The normalized spacial score (nSPS) is 55.3. The molecular formula is C7H11BrO. The average Bonchev–Trinajstić information content (AvgIpc) is 2.20. The highest BCUT2D eigenvalue weighted by Gasteiger charge is 2.58. The van der Waals surface area contributed by atoms with Gasteiger partial charge in [-0.05, 0) is 18.3 Å². The molecule has 0 amide bonds. The SMILES string of the molecule is CC12COC(CBr)(C1)C2. The number of hydrogen-bond acceptors (Lipinski definition) is 1. The van der Waals surface area contributed by atoms with Crippen molar-refractivity contribution in [3.8, 4) is 0 Å². The predicted octanol–water partition coefficient (Wildman–Crippen LogP) is 1.95. The number of ether oxygens (including phenoxy) is 1. The van der Waals surface area contributed by atoms with E-state index in [-0.39, 0.29) is 5.60 Å². The molecule has 1 nitrogen and oxygen atoms in total. The van der Waals surface area contributed by atoms with Crippen molar-refractivity contribution < 1.29 is 4.74 Å². The van der Waals surface area contributed by atoms with Gasteiger partial charge in [-0.2, -0.15) is 0 Å². The van der Waals surface area contributed by atoms with Crippen molar-refractivity contribution in [2.75, 3.05) is 11.9 Å². The van der Waals surface area contributed by atoms with Crippen molar-refractivity contribution in [2.45, 2.75) is 25.4 Å². The van der Waals surface area contributed by atoms with Crippen LogP contribution in [0.25, 0.3) is 0 Å². The number of hydrogen-bond donors (Lipinski definition) is 0. The molecule has 3 rings (SSSR count). The highest BCUT2D eigenvalue weighted by molar-refractivity contribution is 9.09. The van der Waals surface area contributed by atoms with Gasteiger partial charge in [0.15, 0.2) is 0 Å². The fourth-order valence-electron chi connectivity index (χ4n) is 2.17. The smallest absolute Gasteiger partial charge is 0.0791 e. The van der Waals surface area contributed by atoms with Gasteiger partial charge in [-0.3, -0.25) is 0 Å². The molecule has 2 bridgehead atoms. The van der Waals surface area contributed by atoms with Crippen LogP contribution in [0.1, 0.15) is 19.8 Å². The third-order valence-corrected chi connectivity index (χ3v) is 3.49. The second-order valence-electron chi connectivity index (χ2n) is 3.77. The van der Waals surface area contributed by atoms with Crippen molar-refractivity contribution in [3.05, 3.63) is 0 Å². The summed E-state index contributed by atoms with van der Waals surface area (Å²) in [6.07, 6.45) is 2.54. The van der Waals surface area contributed by atoms with Crippen LogP contribution in [0.3, 0.4) is 0 Å². The molecule has 0 radical (unpaired) electrons. The molecule has 1 aliphatic carbocycles. The Morgan fingerprint density at radius 1 is 1.56 bits per heavy atom. The van der Waals surface area contributed by atoms with Crippen LogP contribution in [0.15, 0.2) is 0 Å². The standard InChI is InChI=1S/C7H11BrO/c1-6-2-7(3-6,4-8)9-5-6/h2-5H2,1H3. The Bertz CT molecular complexity index is 138. The summed E-state index contributed by atoms with van der Waals surface area (Å²) in [4.78, 5) is 0. The molecule has 2 saturated heterocycles. The fourth-order valence-corrected chi connectivity index (χ4v) is 2.73. The van der Waals surface area contributed by atoms with Gasteiger partial charge in [-0.15, -0.1) is 0 Å². The molecule has 2 heterocycles. The van der Waals surface area contributed by atoms with Crippen LogP contribution in [0.5, 0.6) is 0 Å². The second kappa shape index (κ2) is 1.54. The Morgan fingerprint density at radius 2 is 2.22 bits per heavy atom. The number of rotatable bonds is 1. The summed E-state index contributed by atoms with van der Waals surface area (Å²) in [6.45, 7) is 3.29. The first-order chi connectivity index (χ1) is 4.18. The summed E-state index contributed by atoms with van der Waals surface area (Å²) in [6, 6.07) is 0. The minimum absolute atomic E-state index is 0.259. The first-order valence-corrected chi connectivity index (χ1v) is 4.50. The lowest BCUT2D eigenvalue weighted by molar-refractivity contribution is 0.0131. The molecule has 0 aromatic carbocycles. The monoisotopic (exact) mass is 190 g/mol. The molecule has 1 saturated carbocycles. The lowest BCUT2D eigenvalue weighted by Crippen LogP contribution is -2.43. The highest BCUT2D eigenvalue weighted by Crippen LogP contribution is 2.57. The van der Waals surface area contributed by atoms with Gasteiger partial charge in [0.1, 0.15) is 0 Å². The molecule has 0 unspecified atom stereocenters. The molecule has 2 heteroatoms. The number of halogens is 1. The van der Waals surface area contributed by atoms with E-state index >= 15 is 0 Å². The van der Waals surface area contributed by atoms with Gasteiger partial charge in [-0.25, -0.2) is 0 Å². The van der Waals surface area contributed by atoms with E-state index in [2.05, 4.69) is 22.9 Å². The predicted molar refractivity (Wildman–Crippen MR) is 39.8 cm³/mol. The largest absolute Gasteiger partial charge is 0.374 e. The van der Waals surface area contributed by atoms with Crippen molar-refractivity contribution in [1.82, 2.24) is 0 Å². The summed E-state index contributed by atoms with van der Waals surface area (Å²) >= 11 is 3.47. The zero-order chi connectivity index (χ0) is 6.54. The van der Waals surface area contributed by atoms with Crippen molar-refractivity contribution in [2.24, 2.45) is 5.41 Å². The first kappa shape index (κ1) is 6.17. The Labute approximate surface area is 63.9 Å². The molecule has 2 aliphatic heterocycles. The summed E-state index contributed by atoms with van der Waals surface area (Å²) in [7, 11) is 0. The zero-order valence-corrected chi connectivity index (χ0v) is 7.20. The Balaban J connectivity index is 2.12. The van der Waals surface area contributed by atoms with Gasteiger partial charge >= 0.3 is 0 Å². The van der Waals surface area contributed by atoms with E-state index in [1.165, 1.54) is 12.8 Å². The van der Waals surface area contributed by atoms with Crippen LogP contribution in [0.2, 0.25) is 0 Å². The lowest BCUT2D eigenvalue weighted by Gasteiger charge is -2.41. The molecule has 52 valence electrons. The van der Waals surface area contributed by atoms with Crippen LogP contribution in [-0.4, -0.2) is 17.5 Å². The third kappa shape index (κ3) is 0.695.